The van der Waals surface area contributed by atoms with Gasteiger partial charge in [-0.25, -0.2) is 0 Å². The minimum atomic E-state index is 0.812. The van der Waals surface area contributed by atoms with Crippen LogP contribution < -0.4 is 10.2 Å². The topological polar surface area (TPSA) is 28.4 Å². The Morgan fingerprint density at radius 2 is 2.05 bits per heavy atom. The van der Waals surface area contributed by atoms with E-state index in [4.69, 9.17) is 4.42 Å². The molecule has 0 saturated carbocycles. The van der Waals surface area contributed by atoms with Crippen molar-refractivity contribution in [2.45, 2.75) is 33.9 Å². The summed E-state index contributed by atoms with van der Waals surface area (Å²) in [7, 11) is 0. The Bertz CT molecular complexity index is 533. The Hall–Kier alpha value is -1.74. The SMILES string of the molecule is CCNCc1coc(CN(CC)c2cccc(C)c2)c1. The highest BCUT2D eigenvalue weighted by atomic mass is 16.3. The van der Waals surface area contributed by atoms with Crippen molar-refractivity contribution >= 4 is 5.69 Å². The molecular formula is C17H24N2O. The Morgan fingerprint density at radius 1 is 1.20 bits per heavy atom. The number of rotatable bonds is 7. The highest BCUT2D eigenvalue weighted by Gasteiger charge is 2.09. The summed E-state index contributed by atoms with van der Waals surface area (Å²) >= 11 is 0. The van der Waals surface area contributed by atoms with Gasteiger partial charge in [0.05, 0.1) is 12.8 Å². The molecule has 1 heterocycles. The van der Waals surface area contributed by atoms with Crippen molar-refractivity contribution in [2.24, 2.45) is 0 Å². The first-order valence-corrected chi connectivity index (χ1v) is 7.31. The highest BCUT2D eigenvalue weighted by molar-refractivity contribution is 5.48. The first-order valence-electron chi connectivity index (χ1n) is 7.31. The lowest BCUT2D eigenvalue weighted by Crippen LogP contribution is -2.21. The van der Waals surface area contributed by atoms with E-state index in [1.165, 1.54) is 16.8 Å². The zero-order chi connectivity index (χ0) is 14.4. The van der Waals surface area contributed by atoms with Gasteiger partial charge in [0.2, 0.25) is 0 Å². The molecule has 1 aromatic heterocycles. The van der Waals surface area contributed by atoms with Crippen LogP contribution in [0, 0.1) is 6.92 Å². The van der Waals surface area contributed by atoms with E-state index in [9.17, 15) is 0 Å². The van der Waals surface area contributed by atoms with Gasteiger partial charge in [0.1, 0.15) is 5.76 Å². The molecule has 2 rings (SSSR count). The number of hydrogen-bond acceptors (Lipinski definition) is 3. The molecular weight excluding hydrogens is 248 g/mol. The van der Waals surface area contributed by atoms with Crippen LogP contribution in [0.4, 0.5) is 5.69 Å². The van der Waals surface area contributed by atoms with Crippen molar-refractivity contribution in [3.63, 3.8) is 0 Å². The molecule has 0 spiro atoms. The van der Waals surface area contributed by atoms with E-state index < -0.39 is 0 Å². The van der Waals surface area contributed by atoms with Gasteiger partial charge in [0, 0.05) is 24.3 Å². The van der Waals surface area contributed by atoms with Gasteiger partial charge in [-0.15, -0.1) is 0 Å². The Balaban J connectivity index is 2.04. The van der Waals surface area contributed by atoms with Crippen LogP contribution >= 0.6 is 0 Å². The Kier molecular flexibility index (Phi) is 5.24. The maximum absolute atomic E-state index is 5.66. The average molecular weight is 272 g/mol. The zero-order valence-electron chi connectivity index (χ0n) is 12.6. The van der Waals surface area contributed by atoms with E-state index in [0.717, 1.165) is 31.9 Å². The average Bonchev–Trinajstić information content (AvgIpc) is 2.90. The minimum absolute atomic E-state index is 0.812. The summed E-state index contributed by atoms with van der Waals surface area (Å²) in [6.45, 7) is 10.0. The molecule has 108 valence electrons. The van der Waals surface area contributed by atoms with Gasteiger partial charge in [-0.1, -0.05) is 19.1 Å². The lowest BCUT2D eigenvalue weighted by Gasteiger charge is -2.22. The van der Waals surface area contributed by atoms with Crippen molar-refractivity contribution in [2.75, 3.05) is 18.0 Å². The van der Waals surface area contributed by atoms with Crippen molar-refractivity contribution in [1.29, 1.82) is 0 Å². The van der Waals surface area contributed by atoms with E-state index in [2.05, 4.69) is 61.3 Å². The van der Waals surface area contributed by atoms with E-state index >= 15 is 0 Å². The first-order chi connectivity index (χ1) is 9.72. The van der Waals surface area contributed by atoms with Crippen LogP contribution in [0.2, 0.25) is 0 Å². The van der Waals surface area contributed by atoms with Crippen molar-refractivity contribution in [3.8, 4) is 0 Å². The quantitative estimate of drug-likeness (QED) is 0.832. The van der Waals surface area contributed by atoms with Crippen LogP contribution in [0.5, 0.6) is 0 Å². The number of aryl methyl sites for hydroxylation is 1. The molecule has 0 aliphatic carbocycles. The zero-order valence-corrected chi connectivity index (χ0v) is 12.6. The summed E-state index contributed by atoms with van der Waals surface area (Å²) in [5.74, 6) is 1.02. The molecule has 0 aliphatic rings. The van der Waals surface area contributed by atoms with Gasteiger partial charge in [-0.3, -0.25) is 0 Å². The summed E-state index contributed by atoms with van der Waals surface area (Å²) < 4.78 is 5.66. The fourth-order valence-corrected chi connectivity index (χ4v) is 2.27. The molecule has 0 amide bonds. The molecule has 0 bridgehead atoms. The predicted octanol–water partition coefficient (Wildman–Crippen LogP) is 3.72. The molecule has 20 heavy (non-hydrogen) atoms. The molecule has 3 heteroatoms. The molecule has 2 aromatic rings. The molecule has 0 radical (unpaired) electrons. The lowest BCUT2D eigenvalue weighted by atomic mass is 10.2. The number of nitrogens with zero attached hydrogens (tertiary/aromatic N) is 1. The molecule has 1 aromatic carbocycles. The van der Waals surface area contributed by atoms with Crippen molar-refractivity contribution < 1.29 is 4.42 Å². The molecule has 1 N–H and O–H groups in total. The van der Waals surface area contributed by atoms with Crippen LogP contribution in [0.1, 0.15) is 30.7 Å². The molecule has 0 unspecified atom stereocenters. The maximum atomic E-state index is 5.66. The van der Waals surface area contributed by atoms with E-state index in [1.54, 1.807) is 0 Å². The predicted molar refractivity (Wildman–Crippen MR) is 84.0 cm³/mol. The fraction of sp³-hybridized carbons (Fsp3) is 0.412. The maximum Gasteiger partial charge on any atom is 0.123 e. The molecule has 3 nitrogen and oxygen atoms in total. The molecule has 0 aliphatic heterocycles. The monoisotopic (exact) mass is 272 g/mol. The normalized spacial score (nSPS) is 10.8. The molecule has 0 fully saturated rings. The van der Waals surface area contributed by atoms with Crippen LogP contribution in [0.3, 0.4) is 0 Å². The van der Waals surface area contributed by atoms with Gasteiger partial charge >= 0.3 is 0 Å². The largest absolute Gasteiger partial charge is 0.467 e. The standard InChI is InChI=1S/C17H24N2O/c1-4-18-11-15-10-17(20-13-15)12-19(5-2)16-8-6-7-14(3)9-16/h6-10,13,18H,4-5,11-12H2,1-3H3. The second-order valence-corrected chi connectivity index (χ2v) is 5.05. The molecule has 0 atom stereocenters. The second kappa shape index (κ2) is 7.15. The summed E-state index contributed by atoms with van der Waals surface area (Å²) in [6, 6.07) is 10.7. The fourth-order valence-electron chi connectivity index (χ4n) is 2.27. The number of benzene rings is 1. The lowest BCUT2D eigenvalue weighted by molar-refractivity contribution is 0.501. The van der Waals surface area contributed by atoms with Gasteiger partial charge < -0.3 is 14.6 Å². The third-order valence-corrected chi connectivity index (χ3v) is 3.38. The van der Waals surface area contributed by atoms with Gasteiger partial charge in [0.15, 0.2) is 0 Å². The van der Waals surface area contributed by atoms with E-state index in [0.29, 0.717) is 0 Å². The van der Waals surface area contributed by atoms with Crippen molar-refractivity contribution in [1.82, 2.24) is 5.32 Å². The number of anilines is 1. The smallest absolute Gasteiger partial charge is 0.123 e. The number of hydrogen-bond donors (Lipinski definition) is 1. The van der Waals surface area contributed by atoms with E-state index in [1.807, 2.05) is 6.26 Å². The molecule has 0 saturated heterocycles. The van der Waals surface area contributed by atoms with Gasteiger partial charge in [-0.2, -0.15) is 0 Å². The summed E-state index contributed by atoms with van der Waals surface area (Å²) in [6.07, 6.45) is 1.85. The highest BCUT2D eigenvalue weighted by Crippen LogP contribution is 2.19. The van der Waals surface area contributed by atoms with Crippen LogP contribution in [0.25, 0.3) is 0 Å². The van der Waals surface area contributed by atoms with Crippen LogP contribution in [0.15, 0.2) is 41.0 Å². The summed E-state index contributed by atoms with van der Waals surface area (Å²) in [4.78, 5) is 2.32. The van der Waals surface area contributed by atoms with Gasteiger partial charge in [-0.05, 0) is 44.2 Å². The third-order valence-electron chi connectivity index (χ3n) is 3.38. The van der Waals surface area contributed by atoms with E-state index in [-0.39, 0.29) is 0 Å². The third kappa shape index (κ3) is 3.87. The van der Waals surface area contributed by atoms with Crippen LogP contribution in [-0.2, 0) is 13.1 Å². The Morgan fingerprint density at radius 3 is 2.75 bits per heavy atom. The summed E-state index contributed by atoms with van der Waals surface area (Å²) in [5.41, 5.74) is 3.74. The number of furan rings is 1. The van der Waals surface area contributed by atoms with Crippen LogP contribution in [-0.4, -0.2) is 13.1 Å². The van der Waals surface area contributed by atoms with Crippen molar-refractivity contribution in [3.05, 3.63) is 53.5 Å². The second-order valence-electron chi connectivity index (χ2n) is 5.05. The van der Waals surface area contributed by atoms with Gasteiger partial charge in [0.25, 0.3) is 0 Å². The minimum Gasteiger partial charge on any atom is -0.467 e. The number of nitrogens with one attached hydrogen (secondary N) is 1. The Labute approximate surface area is 121 Å². The first kappa shape index (κ1) is 14.7. The summed E-state index contributed by atoms with van der Waals surface area (Å²) in [5, 5.41) is 3.31.